The minimum atomic E-state index is -1.07. The van der Waals surface area contributed by atoms with Crippen molar-refractivity contribution in [2.24, 2.45) is 0 Å². The summed E-state index contributed by atoms with van der Waals surface area (Å²) in [4.78, 5) is 24.7. The molecule has 1 aromatic heterocycles. The molecule has 0 spiro atoms. The molecule has 0 saturated carbocycles. The lowest BCUT2D eigenvalue weighted by Crippen LogP contribution is -2.29. The number of hydrogen-bond acceptors (Lipinski definition) is 4. The standard InChI is InChI=1S/C6H6N2O3S.ClH/c9-5(10)1-7-6(11)4-2-12-3-8-4;/h2-3H,1H2,(H,7,11)(H,9,10);1H. The summed E-state index contributed by atoms with van der Waals surface area (Å²) in [6.07, 6.45) is 0. The van der Waals surface area contributed by atoms with E-state index in [1.807, 2.05) is 0 Å². The Hall–Kier alpha value is -1.14. The van der Waals surface area contributed by atoms with Crippen LogP contribution in [0.2, 0.25) is 0 Å². The lowest BCUT2D eigenvalue weighted by molar-refractivity contribution is -0.135. The number of aromatic nitrogens is 1. The predicted octanol–water partition coefficient (Wildman–Crippen LogP) is 0.379. The molecule has 1 heterocycles. The molecule has 72 valence electrons. The topological polar surface area (TPSA) is 79.3 Å². The van der Waals surface area contributed by atoms with Crippen LogP contribution in [0.5, 0.6) is 0 Å². The summed E-state index contributed by atoms with van der Waals surface area (Å²) in [5, 5.41) is 12.0. The van der Waals surface area contributed by atoms with Crippen molar-refractivity contribution in [3.8, 4) is 0 Å². The lowest BCUT2D eigenvalue weighted by atomic mass is 10.4. The van der Waals surface area contributed by atoms with Crippen LogP contribution in [0, 0.1) is 0 Å². The first-order valence-electron chi connectivity index (χ1n) is 3.08. The Labute approximate surface area is 84.2 Å². The molecule has 0 aliphatic heterocycles. The number of carboxylic acid groups (broad SMARTS) is 1. The van der Waals surface area contributed by atoms with E-state index in [0.29, 0.717) is 0 Å². The van der Waals surface area contributed by atoms with Crippen molar-refractivity contribution in [3.63, 3.8) is 0 Å². The summed E-state index contributed by atoms with van der Waals surface area (Å²) in [6, 6.07) is 0. The van der Waals surface area contributed by atoms with E-state index >= 15 is 0 Å². The molecule has 2 N–H and O–H groups in total. The van der Waals surface area contributed by atoms with Crippen LogP contribution < -0.4 is 5.32 Å². The van der Waals surface area contributed by atoms with Gasteiger partial charge in [0.25, 0.3) is 5.91 Å². The smallest absolute Gasteiger partial charge is 0.322 e. The van der Waals surface area contributed by atoms with Gasteiger partial charge in [-0.3, -0.25) is 9.59 Å². The number of carbonyl (C=O) groups excluding carboxylic acids is 1. The summed E-state index contributed by atoms with van der Waals surface area (Å²) in [6.45, 7) is -0.379. The van der Waals surface area contributed by atoms with Gasteiger partial charge in [0.15, 0.2) is 0 Å². The molecule has 1 rings (SSSR count). The maximum atomic E-state index is 11.0. The number of rotatable bonds is 3. The number of nitrogens with one attached hydrogen (secondary N) is 1. The Morgan fingerprint density at radius 2 is 2.31 bits per heavy atom. The van der Waals surface area contributed by atoms with Crippen LogP contribution in [0.25, 0.3) is 0 Å². The predicted molar refractivity (Wildman–Crippen MR) is 49.3 cm³/mol. The van der Waals surface area contributed by atoms with Crippen LogP contribution in [0.3, 0.4) is 0 Å². The molecule has 0 aliphatic carbocycles. The van der Waals surface area contributed by atoms with Gasteiger partial charge in [-0.2, -0.15) is 0 Å². The molecule has 13 heavy (non-hydrogen) atoms. The van der Waals surface area contributed by atoms with Gasteiger partial charge in [0.05, 0.1) is 5.51 Å². The molecule has 7 heteroatoms. The van der Waals surface area contributed by atoms with Crippen LogP contribution in [0.15, 0.2) is 10.9 Å². The fraction of sp³-hybridized carbons (Fsp3) is 0.167. The van der Waals surface area contributed by atoms with Crippen LogP contribution >= 0.6 is 23.7 Å². The molecule has 0 aliphatic rings. The molecule has 0 atom stereocenters. The van der Waals surface area contributed by atoms with Crippen molar-refractivity contribution in [2.45, 2.75) is 0 Å². The van der Waals surface area contributed by atoms with E-state index in [-0.39, 0.29) is 24.6 Å². The molecule has 0 fully saturated rings. The van der Waals surface area contributed by atoms with Crippen molar-refractivity contribution in [2.75, 3.05) is 6.54 Å². The first-order valence-corrected chi connectivity index (χ1v) is 4.02. The number of nitrogens with zero attached hydrogens (tertiary/aromatic N) is 1. The summed E-state index contributed by atoms with van der Waals surface area (Å²) >= 11 is 1.28. The summed E-state index contributed by atoms with van der Waals surface area (Å²) in [5.41, 5.74) is 1.76. The highest BCUT2D eigenvalue weighted by atomic mass is 35.5. The van der Waals surface area contributed by atoms with Crippen molar-refractivity contribution in [1.82, 2.24) is 10.3 Å². The van der Waals surface area contributed by atoms with Gasteiger partial charge in [-0.05, 0) is 0 Å². The number of halogens is 1. The number of carboxylic acids is 1. The molecule has 0 bridgehead atoms. The maximum absolute atomic E-state index is 11.0. The van der Waals surface area contributed by atoms with Crippen molar-refractivity contribution >= 4 is 35.6 Å². The third kappa shape index (κ3) is 3.86. The molecular weight excluding hydrogens is 216 g/mol. The van der Waals surface area contributed by atoms with Gasteiger partial charge in [0.1, 0.15) is 12.2 Å². The van der Waals surface area contributed by atoms with Crippen LogP contribution in [0.4, 0.5) is 0 Å². The highest BCUT2D eigenvalue weighted by Gasteiger charge is 2.07. The van der Waals surface area contributed by atoms with Gasteiger partial charge >= 0.3 is 5.97 Å². The lowest BCUT2D eigenvalue weighted by Gasteiger charge is -1.96. The number of carbonyl (C=O) groups is 2. The first-order chi connectivity index (χ1) is 5.70. The maximum Gasteiger partial charge on any atom is 0.322 e. The van der Waals surface area contributed by atoms with Crippen LogP contribution in [0.1, 0.15) is 10.5 Å². The van der Waals surface area contributed by atoms with E-state index in [2.05, 4.69) is 10.3 Å². The Kier molecular flexibility index (Phi) is 5.01. The largest absolute Gasteiger partial charge is 0.480 e. The van der Waals surface area contributed by atoms with Gasteiger partial charge < -0.3 is 10.4 Å². The summed E-state index contributed by atoms with van der Waals surface area (Å²) in [5.74, 6) is -1.53. The molecule has 1 aromatic rings. The zero-order valence-electron chi connectivity index (χ0n) is 6.39. The Morgan fingerprint density at radius 1 is 1.62 bits per heavy atom. The molecular formula is C6H7ClN2O3S. The Morgan fingerprint density at radius 3 is 2.77 bits per heavy atom. The van der Waals surface area contributed by atoms with E-state index < -0.39 is 11.9 Å². The van der Waals surface area contributed by atoms with Gasteiger partial charge in [-0.15, -0.1) is 23.7 Å². The number of aliphatic carboxylic acids is 1. The highest BCUT2D eigenvalue weighted by Crippen LogP contribution is 1.99. The summed E-state index contributed by atoms with van der Waals surface area (Å²) < 4.78 is 0. The normalized spacial score (nSPS) is 8.62. The number of thiazole rings is 1. The summed E-state index contributed by atoms with van der Waals surface area (Å²) in [7, 11) is 0. The fourth-order valence-electron chi connectivity index (χ4n) is 0.571. The van der Waals surface area contributed by atoms with Crippen molar-refractivity contribution in [3.05, 3.63) is 16.6 Å². The monoisotopic (exact) mass is 222 g/mol. The van der Waals surface area contributed by atoms with Gasteiger partial charge in [0.2, 0.25) is 0 Å². The zero-order valence-corrected chi connectivity index (χ0v) is 8.02. The minimum absolute atomic E-state index is 0. The highest BCUT2D eigenvalue weighted by molar-refractivity contribution is 7.07. The second kappa shape index (κ2) is 5.50. The average Bonchev–Trinajstić information content (AvgIpc) is 2.51. The average molecular weight is 223 g/mol. The van der Waals surface area contributed by atoms with Crippen LogP contribution in [-0.2, 0) is 4.79 Å². The SMILES string of the molecule is Cl.O=C(O)CNC(=O)c1cscn1. The van der Waals surface area contributed by atoms with E-state index in [1.54, 1.807) is 5.38 Å². The molecule has 0 saturated heterocycles. The molecule has 1 amide bonds. The fourth-order valence-corrected chi connectivity index (χ4v) is 1.10. The molecule has 0 unspecified atom stereocenters. The zero-order chi connectivity index (χ0) is 8.97. The quantitative estimate of drug-likeness (QED) is 0.775. The van der Waals surface area contributed by atoms with E-state index in [1.165, 1.54) is 16.8 Å². The van der Waals surface area contributed by atoms with E-state index in [4.69, 9.17) is 5.11 Å². The Bertz CT molecular complexity index is 288. The third-order valence-corrected chi connectivity index (χ3v) is 1.65. The van der Waals surface area contributed by atoms with Gasteiger partial charge in [-0.25, -0.2) is 4.98 Å². The molecule has 5 nitrogen and oxygen atoms in total. The van der Waals surface area contributed by atoms with Crippen molar-refractivity contribution in [1.29, 1.82) is 0 Å². The number of hydrogen-bond donors (Lipinski definition) is 2. The van der Waals surface area contributed by atoms with E-state index in [0.717, 1.165) is 0 Å². The third-order valence-electron chi connectivity index (χ3n) is 1.07. The second-order valence-electron chi connectivity index (χ2n) is 1.95. The van der Waals surface area contributed by atoms with Gasteiger partial charge in [0, 0.05) is 5.38 Å². The molecule has 0 aromatic carbocycles. The van der Waals surface area contributed by atoms with E-state index in [9.17, 15) is 9.59 Å². The first kappa shape index (κ1) is 11.9. The molecule has 0 radical (unpaired) electrons. The second-order valence-corrected chi connectivity index (χ2v) is 2.67. The van der Waals surface area contributed by atoms with Gasteiger partial charge in [-0.1, -0.05) is 0 Å². The Balaban J connectivity index is 0.00000144. The minimum Gasteiger partial charge on any atom is -0.480 e. The van der Waals surface area contributed by atoms with Crippen LogP contribution in [-0.4, -0.2) is 28.5 Å². The number of amides is 1. The van der Waals surface area contributed by atoms with Crippen molar-refractivity contribution < 1.29 is 14.7 Å².